The number of benzene rings is 1. The van der Waals surface area contributed by atoms with Gasteiger partial charge in [0.05, 0.1) is 5.02 Å². The summed E-state index contributed by atoms with van der Waals surface area (Å²) in [6, 6.07) is 5.46. The van der Waals surface area contributed by atoms with Gasteiger partial charge in [-0.1, -0.05) is 25.4 Å². The van der Waals surface area contributed by atoms with Gasteiger partial charge in [0.2, 0.25) is 0 Å². The van der Waals surface area contributed by atoms with E-state index >= 15 is 0 Å². The molecule has 7 heteroatoms. The van der Waals surface area contributed by atoms with Crippen molar-refractivity contribution in [3.8, 4) is 5.75 Å². The van der Waals surface area contributed by atoms with E-state index in [2.05, 4.69) is 15.5 Å². The molecule has 2 N–H and O–H groups in total. The minimum absolute atomic E-state index is 0.115. The Hall–Kier alpha value is -2.08. The van der Waals surface area contributed by atoms with E-state index in [0.29, 0.717) is 5.82 Å². The molecule has 0 fully saturated rings. The summed E-state index contributed by atoms with van der Waals surface area (Å²) in [6.45, 7) is 3.78. The molecule has 0 unspecified atom stereocenters. The number of anilines is 1. The number of aromatic amines is 1. The highest BCUT2D eigenvalue weighted by atomic mass is 35.5. The van der Waals surface area contributed by atoms with Crippen molar-refractivity contribution in [2.45, 2.75) is 19.8 Å². The van der Waals surface area contributed by atoms with Crippen LogP contribution in [0.1, 0.15) is 25.5 Å². The number of halogens is 2. The average Bonchev–Trinajstić information content (AvgIpc) is 2.86. The second-order valence-electron chi connectivity index (χ2n) is 4.77. The smallest absolute Gasteiger partial charge is 0.263 e. The van der Waals surface area contributed by atoms with E-state index in [4.69, 9.17) is 16.3 Å². The lowest BCUT2D eigenvalue weighted by Crippen LogP contribution is -2.20. The third kappa shape index (κ3) is 4.19. The van der Waals surface area contributed by atoms with Crippen LogP contribution in [0.4, 0.5) is 10.2 Å². The number of ether oxygens (including phenoxy) is 1. The molecule has 0 spiro atoms. The van der Waals surface area contributed by atoms with Crippen LogP contribution in [0.25, 0.3) is 0 Å². The molecule has 0 saturated heterocycles. The van der Waals surface area contributed by atoms with Crippen molar-refractivity contribution < 1.29 is 13.9 Å². The van der Waals surface area contributed by atoms with Crippen molar-refractivity contribution in [3.05, 3.63) is 40.8 Å². The largest absolute Gasteiger partial charge is 0.482 e. The predicted octanol–water partition coefficient (Wildman–Crippen LogP) is 3.34. The summed E-state index contributed by atoms with van der Waals surface area (Å²) in [7, 11) is 0. The van der Waals surface area contributed by atoms with Gasteiger partial charge in [0.1, 0.15) is 11.6 Å². The minimum atomic E-state index is -0.463. The van der Waals surface area contributed by atoms with Gasteiger partial charge in [0.25, 0.3) is 5.91 Å². The van der Waals surface area contributed by atoms with Crippen LogP contribution in [0.15, 0.2) is 24.3 Å². The Labute approximate surface area is 126 Å². The van der Waals surface area contributed by atoms with E-state index in [9.17, 15) is 9.18 Å². The molecule has 0 radical (unpaired) electrons. The van der Waals surface area contributed by atoms with E-state index in [0.717, 1.165) is 11.8 Å². The Kier molecular flexibility index (Phi) is 4.80. The highest BCUT2D eigenvalue weighted by Crippen LogP contribution is 2.24. The van der Waals surface area contributed by atoms with Gasteiger partial charge in [-0.25, -0.2) is 4.39 Å². The van der Waals surface area contributed by atoms with Crippen LogP contribution in [0, 0.1) is 5.82 Å². The Morgan fingerprint density at radius 1 is 1.48 bits per heavy atom. The third-order valence-electron chi connectivity index (χ3n) is 2.74. The number of aromatic nitrogens is 2. The number of nitrogens with one attached hydrogen (secondary N) is 2. The molecule has 0 aliphatic rings. The van der Waals surface area contributed by atoms with E-state index in [1.165, 1.54) is 12.1 Å². The molecule has 1 aromatic heterocycles. The van der Waals surface area contributed by atoms with Crippen LogP contribution in [-0.2, 0) is 4.79 Å². The molecule has 0 bridgehead atoms. The molecular weight excluding hydrogens is 297 g/mol. The molecule has 1 heterocycles. The topological polar surface area (TPSA) is 67.0 Å². The molecule has 5 nitrogen and oxygen atoms in total. The summed E-state index contributed by atoms with van der Waals surface area (Å²) in [5.41, 5.74) is 0.924. The zero-order valence-electron chi connectivity index (χ0n) is 11.6. The molecule has 2 rings (SSSR count). The molecule has 21 heavy (non-hydrogen) atoms. The first-order chi connectivity index (χ1) is 9.95. The van der Waals surface area contributed by atoms with E-state index in [-0.39, 0.29) is 29.2 Å². The summed E-state index contributed by atoms with van der Waals surface area (Å²) in [4.78, 5) is 11.7. The zero-order valence-corrected chi connectivity index (χ0v) is 12.4. The van der Waals surface area contributed by atoms with E-state index < -0.39 is 5.82 Å². The standard InChI is InChI=1S/C14H15ClFN3O2/c1-8(2)11-6-13(19-18-11)17-14(20)7-21-12-4-3-9(16)5-10(12)15/h3-6,8H,7H2,1-2H3,(H2,17,18,19,20). The molecule has 112 valence electrons. The van der Waals surface area contributed by atoms with Crippen LogP contribution >= 0.6 is 11.6 Å². The normalized spacial score (nSPS) is 10.7. The van der Waals surface area contributed by atoms with Gasteiger partial charge in [-0.2, -0.15) is 5.10 Å². The quantitative estimate of drug-likeness (QED) is 0.890. The lowest BCUT2D eigenvalue weighted by molar-refractivity contribution is -0.118. The fourth-order valence-corrected chi connectivity index (χ4v) is 1.83. The Bertz CT molecular complexity index is 643. The van der Waals surface area contributed by atoms with Crippen molar-refractivity contribution in [3.63, 3.8) is 0 Å². The van der Waals surface area contributed by atoms with E-state index in [1.54, 1.807) is 6.07 Å². The number of carbonyl (C=O) groups excluding carboxylic acids is 1. The van der Waals surface area contributed by atoms with Crippen molar-refractivity contribution >= 4 is 23.3 Å². The van der Waals surface area contributed by atoms with Gasteiger partial charge in [0, 0.05) is 11.8 Å². The molecule has 2 aromatic rings. The Morgan fingerprint density at radius 3 is 2.86 bits per heavy atom. The number of carbonyl (C=O) groups is 1. The zero-order chi connectivity index (χ0) is 15.4. The maximum atomic E-state index is 12.9. The summed E-state index contributed by atoms with van der Waals surface area (Å²) in [6.07, 6.45) is 0. The summed E-state index contributed by atoms with van der Waals surface area (Å²) in [5.74, 6) is 0.125. The first-order valence-corrected chi connectivity index (χ1v) is 6.76. The first kappa shape index (κ1) is 15.3. The fraction of sp³-hybridized carbons (Fsp3) is 0.286. The van der Waals surface area contributed by atoms with Crippen LogP contribution in [-0.4, -0.2) is 22.7 Å². The van der Waals surface area contributed by atoms with Gasteiger partial charge in [0.15, 0.2) is 12.4 Å². The van der Waals surface area contributed by atoms with Gasteiger partial charge in [-0.3, -0.25) is 9.89 Å². The number of amides is 1. The van der Waals surface area contributed by atoms with Crippen molar-refractivity contribution in [1.29, 1.82) is 0 Å². The summed E-state index contributed by atoms with van der Waals surface area (Å²) >= 11 is 5.80. The van der Waals surface area contributed by atoms with Gasteiger partial charge < -0.3 is 10.1 Å². The molecule has 1 amide bonds. The number of hydrogen-bond acceptors (Lipinski definition) is 3. The fourth-order valence-electron chi connectivity index (χ4n) is 1.61. The maximum absolute atomic E-state index is 12.9. The second kappa shape index (κ2) is 6.58. The first-order valence-electron chi connectivity index (χ1n) is 6.38. The second-order valence-corrected chi connectivity index (χ2v) is 5.18. The highest BCUT2D eigenvalue weighted by Gasteiger charge is 2.10. The molecule has 0 atom stereocenters. The number of nitrogens with zero attached hydrogens (tertiary/aromatic N) is 1. The van der Waals surface area contributed by atoms with Gasteiger partial charge in [-0.05, 0) is 24.1 Å². The molecular formula is C14H15ClFN3O2. The summed E-state index contributed by atoms with van der Waals surface area (Å²) in [5, 5.41) is 9.52. The third-order valence-corrected chi connectivity index (χ3v) is 3.04. The molecule has 1 aromatic carbocycles. The lowest BCUT2D eigenvalue weighted by Gasteiger charge is -2.07. The van der Waals surface area contributed by atoms with Crippen LogP contribution < -0.4 is 10.1 Å². The number of hydrogen-bond donors (Lipinski definition) is 2. The lowest BCUT2D eigenvalue weighted by atomic mass is 10.1. The van der Waals surface area contributed by atoms with Crippen LogP contribution in [0.3, 0.4) is 0 Å². The van der Waals surface area contributed by atoms with Crippen LogP contribution in [0.5, 0.6) is 5.75 Å². The molecule has 0 saturated carbocycles. The molecule has 0 aliphatic heterocycles. The van der Waals surface area contributed by atoms with Crippen molar-refractivity contribution in [2.75, 3.05) is 11.9 Å². The number of rotatable bonds is 5. The highest BCUT2D eigenvalue weighted by molar-refractivity contribution is 6.32. The Morgan fingerprint density at radius 2 is 2.24 bits per heavy atom. The van der Waals surface area contributed by atoms with Crippen molar-refractivity contribution in [2.24, 2.45) is 0 Å². The monoisotopic (exact) mass is 311 g/mol. The minimum Gasteiger partial charge on any atom is -0.482 e. The predicted molar refractivity (Wildman–Crippen MR) is 78.2 cm³/mol. The van der Waals surface area contributed by atoms with E-state index in [1.807, 2.05) is 13.8 Å². The van der Waals surface area contributed by atoms with Gasteiger partial charge >= 0.3 is 0 Å². The maximum Gasteiger partial charge on any atom is 0.263 e. The Balaban J connectivity index is 1.89. The van der Waals surface area contributed by atoms with Gasteiger partial charge in [-0.15, -0.1) is 0 Å². The average molecular weight is 312 g/mol. The molecule has 0 aliphatic carbocycles. The van der Waals surface area contributed by atoms with Crippen molar-refractivity contribution in [1.82, 2.24) is 10.2 Å². The SMILES string of the molecule is CC(C)c1cc(NC(=O)COc2ccc(F)cc2Cl)n[nH]1. The van der Waals surface area contributed by atoms with Crippen LogP contribution in [0.2, 0.25) is 5.02 Å². The summed E-state index contributed by atoms with van der Waals surface area (Å²) < 4.78 is 18.1. The number of H-pyrrole nitrogens is 1.